The Morgan fingerprint density at radius 2 is 2.28 bits per heavy atom. The molecule has 1 atom stereocenters. The number of thiocarbonyl (C=S) groups is 1. The average molecular weight is 264 g/mol. The van der Waals surface area contributed by atoms with Crippen LogP contribution in [0, 0.1) is 6.92 Å². The van der Waals surface area contributed by atoms with Crippen LogP contribution in [0.15, 0.2) is 18.2 Å². The van der Waals surface area contributed by atoms with Crippen molar-refractivity contribution in [2.75, 3.05) is 25.1 Å². The van der Waals surface area contributed by atoms with Crippen molar-refractivity contribution in [3.05, 3.63) is 29.3 Å². The molecule has 1 aliphatic rings. The number of hydrogen-bond donors (Lipinski definition) is 1. The van der Waals surface area contributed by atoms with Crippen molar-refractivity contribution < 1.29 is 4.74 Å². The predicted molar refractivity (Wildman–Crippen MR) is 79.3 cm³/mol. The molecule has 0 saturated carbocycles. The molecule has 0 radical (unpaired) electrons. The van der Waals surface area contributed by atoms with Crippen LogP contribution in [-0.4, -0.2) is 31.3 Å². The van der Waals surface area contributed by atoms with Crippen LogP contribution in [0.4, 0.5) is 5.69 Å². The van der Waals surface area contributed by atoms with Gasteiger partial charge in [0.25, 0.3) is 0 Å². The molecule has 0 spiro atoms. The Morgan fingerprint density at radius 1 is 1.50 bits per heavy atom. The van der Waals surface area contributed by atoms with E-state index in [4.69, 9.17) is 22.7 Å². The van der Waals surface area contributed by atoms with E-state index in [0.717, 1.165) is 31.5 Å². The number of methoxy groups -OCH3 is 1. The molecule has 0 bridgehead atoms. The van der Waals surface area contributed by atoms with Gasteiger partial charge in [-0.25, -0.2) is 0 Å². The lowest BCUT2D eigenvalue weighted by Crippen LogP contribution is -2.40. The minimum absolute atomic E-state index is 0.303. The quantitative estimate of drug-likeness (QED) is 0.850. The van der Waals surface area contributed by atoms with Gasteiger partial charge in [-0.3, -0.25) is 0 Å². The van der Waals surface area contributed by atoms with Crippen LogP contribution in [-0.2, 0) is 4.74 Å². The van der Waals surface area contributed by atoms with Crippen LogP contribution in [0.5, 0.6) is 0 Å². The van der Waals surface area contributed by atoms with E-state index in [1.165, 1.54) is 11.3 Å². The maximum absolute atomic E-state index is 5.83. The number of anilines is 1. The fourth-order valence-electron chi connectivity index (χ4n) is 2.61. The monoisotopic (exact) mass is 264 g/mol. The summed E-state index contributed by atoms with van der Waals surface area (Å²) in [6, 6.07) is 6.11. The smallest absolute Gasteiger partial charge is 0.106 e. The van der Waals surface area contributed by atoms with E-state index in [2.05, 4.69) is 17.9 Å². The summed E-state index contributed by atoms with van der Waals surface area (Å²) < 4.78 is 5.48. The number of nitrogens with two attached hydrogens (primary N) is 1. The van der Waals surface area contributed by atoms with Crippen molar-refractivity contribution in [3.63, 3.8) is 0 Å². The fraction of sp³-hybridized carbons (Fsp3) is 0.500. The van der Waals surface area contributed by atoms with Crippen molar-refractivity contribution in [2.45, 2.75) is 25.9 Å². The predicted octanol–water partition coefficient (Wildman–Crippen LogP) is 2.24. The minimum atomic E-state index is 0.303. The van der Waals surface area contributed by atoms with Gasteiger partial charge in [0.1, 0.15) is 4.99 Å². The van der Waals surface area contributed by atoms with E-state index in [1.54, 1.807) is 7.11 Å². The van der Waals surface area contributed by atoms with Gasteiger partial charge >= 0.3 is 0 Å². The highest BCUT2D eigenvalue weighted by Gasteiger charge is 2.23. The molecule has 0 amide bonds. The van der Waals surface area contributed by atoms with Crippen molar-refractivity contribution in [2.24, 2.45) is 5.73 Å². The molecule has 18 heavy (non-hydrogen) atoms. The van der Waals surface area contributed by atoms with Crippen LogP contribution in [0.2, 0.25) is 0 Å². The number of benzene rings is 1. The molecule has 0 aliphatic carbocycles. The van der Waals surface area contributed by atoms with Crippen LogP contribution in [0.3, 0.4) is 0 Å². The molecule has 1 aromatic rings. The second kappa shape index (κ2) is 5.67. The lowest BCUT2D eigenvalue weighted by atomic mass is 10.0. The van der Waals surface area contributed by atoms with Gasteiger partial charge in [-0.15, -0.1) is 0 Å². The van der Waals surface area contributed by atoms with E-state index in [0.29, 0.717) is 11.1 Å². The highest BCUT2D eigenvalue weighted by molar-refractivity contribution is 7.80. The van der Waals surface area contributed by atoms with E-state index in [1.807, 2.05) is 12.1 Å². The Balaban J connectivity index is 2.34. The minimum Gasteiger partial charge on any atom is -0.389 e. The average Bonchev–Trinajstić information content (AvgIpc) is 2.38. The Morgan fingerprint density at radius 3 is 2.94 bits per heavy atom. The number of rotatable bonds is 3. The molecule has 1 aliphatic heterocycles. The Labute approximate surface area is 114 Å². The summed E-state index contributed by atoms with van der Waals surface area (Å²) in [5.41, 5.74) is 9.20. The van der Waals surface area contributed by atoms with Gasteiger partial charge in [-0.1, -0.05) is 24.4 Å². The first-order chi connectivity index (χ1) is 8.63. The first-order valence-electron chi connectivity index (χ1n) is 6.30. The van der Waals surface area contributed by atoms with E-state index in [9.17, 15) is 0 Å². The summed E-state index contributed by atoms with van der Waals surface area (Å²) in [4.78, 5) is 2.81. The Kier molecular flexibility index (Phi) is 4.19. The van der Waals surface area contributed by atoms with Crippen molar-refractivity contribution >= 4 is 22.9 Å². The normalized spacial score (nSPS) is 19.9. The van der Waals surface area contributed by atoms with E-state index in [-0.39, 0.29) is 0 Å². The van der Waals surface area contributed by atoms with Gasteiger partial charge < -0.3 is 15.4 Å². The van der Waals surface area contributed by atoms with Crippen LogP contribution in [0.1, 0.15) is 24.0 Å². The number of piperidine rings is 1. The molecule has 1 fully saturated rings. The maximum Gasteiger partial charge on any atom is 0.106 e. The maximum atomic E-state index is 5.83. The molecule has 1 unspecified atom stereocenters. The molecule has 1 heterocycles. The SMILES string of the molecule is COC1CCCN(c2c(C)cccc2C(N)=S)C1. The highest BCUT2D eigenvalue weighted by Crippen LogP contribution is 2.28. The van der Waals surface area contributed by atoms with Gasteiger partial charge in [0.2, 0.25) is 0 Å². The van der Waals surface area contributed by atoms with Gasteiger partial charge in [0.15, 0.2) is 0 Å². The summed E-state index contributed by atoms with van der Waals surface area (Å²) in [5, 5.41) is 0. The molecule has 4 heteroatoms. The zero-order chi connectivity index (χ0) is 13.1. The van der Waals surface area contributed by atoms with Gasteiger partial charge in [0.05, 0.1) is 6.10 Å². The summed E-state index contributed by atoms with van der Waals surface area (Å²) in [5.74, 6) is 0. The van der Waals surface area contributed by atoms with E-state index < -0.39 is 0 Å². The molecule has 2 N–H and O–H groups in total. The molecule has 98 valence electrons. The summed E-state index contributed by atoms with van der Waals surface area (Å²) in [6.07, 6.45) is 2.57. The number of hydrogen-bond acceptors (Lipinski definition) is 3. The number of nitrogens with zero attached hydrogens (tertiary/aromatic N) is 1. The van der Waals surface area contributed by atoms with E-state index >= 15 is 0 Å². The third-order valence-corrected chi connectivity index (χ3v) is 3.75. The molecule has 1 saturated heterocycles. The number of aryl methyl sites for hydroxylation is 1. The fourth-order valence-corrected chi connectivity index (χ4v) is 2.78. The summed E-state index contributed by atoms with van der Waals surface area (Å²) >= 11 is 5.16. The second-order valence-corrected chi connectivity index (χ2v) is 5.22. The third kappa shape index (κ3) is 2.65. The second-order valence-electron chi connectivity index (χ2n) is 4.78. The standard InChI is InChI=1S/C14H20N2OS/c1-10-5-3-7-12(14(15)18)13(10)16-8-4-6-11(9-16)17-2/h3,5,7,11H,4,6,8-9H2,1-2H3,(H2,15,18). The lowest BCUT2D eigenvalue weighted by Gasteiger charge is -2.35. The van der Waals surface area contributed by atoms with Crippen LogP contribution < -0.4 is 10.6 Å². The molecular formula is C14H20N2OS. The van der Waals surface area contributed by atoms with Crippen LogP contribution >= 0.6 is 12.2 Å². The zero-order valence-corrected chi connectivity index (χ0v) is 11.8. The van der Waals surface area contributed by atoms with Crippen molar-refractivity contribution in [1.82, 2.24) is 0 Å². The van der Waals surface area contributed by atoms with Crippen molar-refractivity contribution in [3.8, 4) is 0 Å². The van der Waals surface area contributed by atoms with Crippen molar-refractivity contribution in [1.29, 1.82) is 0 Å². The van der Waals surface area contributed by atoms with Gasteiger partial charge in [-0.2, -0.15) is 0 Å². The first-order valence-corrected chi connectivity index (χ1v) is 6.71. The Bertz CT molecular complexity index is 447. The number of para-hydroxylation sites is 1. The summed E-state index contributed by atoms with van der Waals surface area (Å²) in [6.45, 7) is 4.06. The topological polar surface area (TPSA) is 38.5 Å². The first kappa shape index (κ1) is 13.3. The number of ether oxygens (including phenoxy) is 1. The molecule has 3 nitrogen and oxygen atoms in total. The zero-order valence-electron chi connectivity index (χ0n) is 11.0. The van der Waals surface area contributed by atoms with Crippen LogP contribution in [0.25, 0.3) is 0 Å². The van der Waals surface area contributed by atoms with Gasteiger partial charge in [0, 0.05) is 31.5 Å². The molecule has 1 aromatic carbocycles. The largest absolute Gasteiger partial charge is 0.389 e. The van der Waals surface area contributed by atoms with Gasteiger partial charge in [-0.05, 0) is 31.4 Å². The molecule has 2 rings (SSSR count). The third-order valence-electron chi connectivity index (χ3n) is 3.53. The highest BCUT2D eigenvalue weighted by atomic mass is 32.1. The lowest BCUT2D eigenvalue weighted by molar-refractivity contribution is 0.0893. The molecular weight excluding hydrogens is 244 g/mol. The summed E-state index contributed by atoms with van der Waals surface area (Å²) in [7, 11) is 1.78. The Hall–Kier alpha value is -1.13. The molecule has 0 aromatic heterocycles.